The van der Waals surface area contributed by atoms with Crippen molar-refractivity contribution in [3.63, 3.8) is 0 Å². The minimum Gasteiger partial charge on any atom is -0.397 e. The Morgan fingerprint density at radius 1 is 1.53 bits per heavy atom. The zero-order valence-corrected chi connectivity index (χ0v) is 11.4. The third-order valence-electron chi connectivity index (χ3n) is 2.21. The van der Waals surface area contributed by atoms with Crippen LogP contribution in [0.15, 0.2) is 12.3 Å². The van der Waals surface area contributed by atoms with Gasteiger partial charge in [0.2, 0.25) is 0 Å². The van der Waals surface area contributed by atoms with Gasteiger partial charge in [0, 0.05) is 13.1 Å². The molecule has 17 heavy (non-hydrogen) atoms. The first-order chi connectivity index (χ1) is 7.74. The average molecular weight is 279 g/mol. The van der Waals surface area contributed by atoms with E-state index in [0.29, 0.717) is 5.69 Å². The van der Waals surface area contributed by atoms with Crippen LogP contribution in [0.2, 0.25) is 5.15 Å². The van der Waals surface area contributed by atoms with Crippen LogP contribution in [0.3, 0.4) is 0 Å². The van der Waals surface area contributed by atoms with Crippen molar-refractivity contribution >= 4 is 33.2 Å². The average Bonchev–Trinajstić information content (AvgIpc) is 2.21. The maximum atomic E-state index is 11.9. The summed E-state index contributed by atoms with van der Waals surface area (Å²) in [6, 6.07) is 1.25. The Bertz CT molecular complexity index is 504. The van der Waals surface area contributed by atoms with Crippen LogP contribution in [-0.2, 0) is 10.2 Å². The number of pyridine rings is 1. The molecule has 96 valence electrons. The van der Waals surface area contributed by atoms with Gasteiger partial charge in [0.25, 0.3) is 0 Å². The SMILES string of the molecule is CC(C)N(C)S(=O)(=O)Nc1cc(N)cnc1Cl. The molecular weight excluding hydrogens is 264 g/mol. The molecule has 0 unspecified atom stereocenters. The van der Waals surface area contributed by atoms with Gasteiger partial charge in [-0.3, -0.25) is 4.72 Å². The largest absolute Gasteiger partial charge is 0.397 e. The number of nitrogens with two attached hydrogens (primary N) is 1. The zero-order chi connectivity index (χ0) is 13.2. The first kappa shape index (κ1) is 14.0. The van der Waals surface area contributed by atoms with E-state index in [0.717, 1.165) is 0 Å². The van der Waals surface area contributed by atoms with Gasteiger partial charge in [0.15, 0.2) is 5.15 Å². The van der Waals surface area contributed by atoms with Crippen LogP contribution >= 0.6 is 11.6 Å². The third-order valence-corrected chi connectivity index (χ3v) is 4.16. The fourth-order valence-corrected chi connectivity index (χ4v) is 2.36. The van der Waals surface area contributed by atoms with E-state index in [-0.39, 0.29) is 16.9 Å². The Morgan fingerprint density at radius 3 is 2.65 bits per heavy atom. The summed E-state index contributed by atoms with van der Waals surface area (Å²) in [5.41, 5.74) is 6.01. The highest BCUT2D eigenvalue weighted by Gasteiger charge is 2.21. The topological polar surface area (TPSA) is 88.3 Å². The maximum Gasteiger partial charge on any atom is 0.301 e. The first-order valence-electron chi connectivity index (χ1n) is 4.91. The van der Waals surface area contributed by atoms with E-state index >= 15 is 0 Å². The molecule has 0 saturated heterocycles. The van der Waals surface area contributed by atoms with Crippen molar-refractivity contribution in [3.05, 3.63) is 17.4 Å². The van der Waals surface area contributed by atoms with Gasteiger partial charge in [-0.25, -0.2) is 4.98 Å². The van der Waals surface area contributed by atoms with Crippen LogP contribution in [0.5, 0.6) is 0 Å². The highest BCUT2D eigenvalue weighted by atomic mass is 35.5. The number of nitrogens with zero attached hydrogens (tertiary/aromatic N) is 2. The van der Waals surface area contributed by atoms with Crippen LogP contribution in [0.25, 0.3) is 0 Å². The lowest BCUT2D eigenvalue weighted by molar-refractivity contribution is 0.414. The summed E-state index contributed by atoms with van der Waals surface area (Å²) in [4.78, 5) is 3.76. The molecule has 1 aromatic heterocycles. The Labute approximate surface area is 106 Å². The number of nitrogen functional groups attached to an aromatic ring is 1. The maximum absolute atomic E-state index is 11.9. The molecule has 0 aliphatic heterocycles. The number of hydrogen-bond acceptors (Lipinski definition) is 4. The third kappa shape index (κ3) is 3.45. The molecule has 0 spiro atoms. The summed E-state index contributed by atoms with van der Waals surface area (Å²) in [6.07, 6.45) is 1.35. The van der Waals surface area contributed by atoms with Gasteiger partial charge in [-0.1, -0.05) is 11.6 Å². The van der Waals surface area contributed by atoms with Crippen molar-refractivity contribution in [2.45, 2.75) is 19.9 Å². The molecule has 0 aliphatic rings. The minimum absolute atomic E-state index is 0.0555. The van der Waals surface area contributed by atoms with Gasteiger partial charge < -0.3 is 5.73 Å². The Hall–Kier alpha value is -1.05. The molecule has 0 atom stereocenters. The summed E-state index contributed by atoms with van der Waals surface area (Å²) in [5.74, 6) is 0. The molecule has 0 aromatic carbocycles. The standard InChI is InChI=1S/C9H15ClN4O2S/c1-6(2)14(3)17(15,16)13-8-4-7(11)5-12-9(8)10/h4-6,13H,11H2,1-3H3. The van der Waals surface area contributed by atoms with Gasteiger partial charge in [-0.2, -0.15) is 12.7 Å². The molecule has 1 rings (SSSR count). The lowest BCUT2D eigenvalue weighted by Crippen LogP contribution is -2.37. The predicted molar refractivity (Wildman–Crippen MR) is 69.1 cm³/mol. The molecule has 0 saturated carbocycles. The van der Waals surface area contributed by atoms with E-state index in [1.807, 2.05) is 0 Å². The van der Waals surface area contributed by atoms with Gasteiger partial charge >= 0.3 is 10.2 Å². The van der Waals surface area contributed by atoms with Crippen LogP contribution in [0, 0.1) is 0 Å². The molecule has 3 N–H and O–H groups in total. The molecule has 1 heterocycles. The second-order valence-electron chi connectivity index (χ2n) is 3.82. The van der Waals surface area contributed by atoms with Gasteiger partial charge in [0.05, 0.1) is 17.6 Å². The molecule has 6 nitrogen and oxygen atoms in total. The van der Waals surface area contributed by atoms with Gasteiger partial charge in [-0.05, 0) is 19.9 Å². The minimum atomic E-state index is -3.65. The van der Waals surface area contributed by atoms with Crippen LogP contribution in [0.4, 0.5) is 11.4 Å². The van der Waals surface area contributed by atoms with Crippen molar-refractivity contribution in [3.8, 4) is 0 Å². The number of nitrogens with one attached hydrogen (secondary N) is 1. The van der Waals surface area contributed by atoms with Crippen molar-refractivity contribution in [1.29, 1.82) is 0 Å². The second kappa shape index (κ2) is 5.07. The van der Waals surface area contributed by atoms with Crippen molar-refractivity contribution < 1.29 is 8.42 Å². The van der Waals surface area contributed by atoms with Crippen molar-refractivity contribution in [1.82, 2.24) is 9.29 Å². The van der Waals surface area contributed by atoms with E-state index in [4.69, 9.17) is 17.3 Å². The van der Waals surface area contributed by atoms with E-state index in [9.17, 15) is 8.42 Å². The normalized spacial score (nSPS) is 12.1. The quantitative estimate of drug-likeness (QED) is 0.813. The molecular formula is C9H15ClN4O2S. The van der Waals surface area contributed by atoms with Crippen molar-refractivity contribution in [2.24, 2.45) is 0 Å². The lowest BCUT2D eigenvalue weighted by Gasteiger charge is -2.21. The summed E-state index contributed by atoms with van der Waals surface area (Å²) in [5, 5.41) is 0.0555. The van der Waals surface area contributed by atoms with Crippen molar-refractivity contribution in [2.75, 3.05) is 17.5 Å². The Balaban J connectivity index is 3.02. The number of rotatable bonds is 4. The Morgan fingerprint density at radius 2 is 2.12 bits per heavy atom. The lowest BCUT2D eigenvalue weighted by atomic mass is 10.4. The first-order valence-corrected chi connectivity index (χ1v) is 6.72. The zero-order valence-electron chi connectivity index (χ0n) is 9.81. The summed E-state index contributed by atoms with van der Waals surface area (Å²) < 4.78 is 27.3. The van der Waals surface area contributed by atoms with Crippen LogP contribution in [-0.4, -0.2) is 30.8 Å². The molecule has 0 aliphatic carbocycles. The molecule has 0 bridgehead atoms. The van der Waals surface area contributed by atoms with E-state index in [1.54, 1.807) is 13.8 Å². The number of aromatic nitrogens is 1. The fraction of sp³-hybridized carbons (Fsp3) is 0.444. The predicted octanol–water partition coefficient (Wildman–Crippen LogP) is 1.31. The summed E-state index contributed by atoms with van der Waals surface area (Å²) >= 11 is 5.77. The highest BCUT2D eigenvalue weighted by Crippen LogP contribution is 2.23. The number of halogens is 1. The fourth-order valence-electron chi connectivity index (χ4n) is 1.02. The van der Waals surface area contributed by atoms with Gasteiger partial charge in [0.1, 0.15) is 0 Å². The van der Waals surface area contributed by atoms with Gasteiger partial charge in [-0.15, -0.1) is 0 Å². The molecule has 0 fully saturated rings. The number of anilines is 2. The van der Waals surface area contributed by atoms with Crippen LogP contribution in [0.1, 0.15) is 13.8 Å². The molecule has 8 heteroatoms. The highest BCUT2D eigenvalue weighted by molar-refractivity contribution is 7.90. The second-order valence-corrected chi connectivity index (χ2v) is 5.91. The van der Waals surface area contributed by atoms with E-state index in [1.165, 1.54) is 23.6 Å². The summed E-state index contributed by atoms with van der Waals surface area (Å²) in [7, 11) is -2.18. The van der Waals surface area contributed by atoms with E-state index < -0.39 is 10.2 Å². The molecule has 0 amide bonds. The number of hydrogen-bond donors (Lipinski definition) is 2. The molecule has 1 aromatic rings. The Kier molecular flexibility index (Phi) is 4.18. The smallest absolute Gasteiger partial charge is 0.301 e. The van der Waals surface area contributed by atoms with E-state index in [2.05, 4.69) is 9.71 Å². The summed E-state index contributed by atoms with van der Waals surface area (Å²) in [6.45, 7) is 3.52. The molecule has 0 radical (unpaired) electrons. The van der Waals surface area contributed by atoms with Crippen LogP contribution < -0.4 is 10.5 Å². The monoisotopic (exact) mass is 278 g/mol.